The quantitative estimate of drug-likeness (QED) is 0.302. The highest BCUT2D eigenvalue weighted by Crippen LogP contribution is 2.31. The summed E-state index contributed by atoms with van der Waals surface area (Å²) in [5.41, 5.74) is 2.66. The summed E-state index contributed by atoms with van der Waals surface area (Å²) in [5, 5.41) is 17.9. The number of hydrogen-bond donors (Lipinski definition) is 1. The van der Waals surface area contributed by atoms with Gasteiger partial charge in [0, 0.05) is 62.0 Å². The van der Waals surface area contributed by atoms with Gasteiger partial charge in [-0.25, -0.2) is 9.97 Å². The second-order valence-electron chi connectivity index (χ2n) is 8.79. The summed E-state index contributed by atoms with van der Waals surface area (Å²) in [6, 6.07) is 11.1. The van der Waals surface area contributed by atoms with E-state index in [1.807, 2.05) is 24.3 Å². The van der Waals surface area contributed by atoms with Gasteiger partial charge in [-0.1, -0.05) is 26.0 Å². The summed E-state index contributed by atoms with van der Waals surface area (Å²) in [6.07, 6.45) is 2.18. The van der Waals surface area contributed by atoms with Crippen LogP contribution in [-0.2, 0) is 0 Å². The molecule has 1 aliphatic heterocycles. The summed E-state index contributed by atoms with van der Waals surface area (Å²) in [7, 11) is 2.09. The maximum Gasteiger partial charge on any atom is 0.311 e. The Morgan fingerprint density at radius 3 is 2.34 bits per heavy atom. The third-order valence-corrected chi connectivity index (χ3v) is 6.98. The van der Waals surface area contributed by atoms with E-state index in [1.54, 1.807) is 17.4 Å². The van der Waals surface area contributed by atoms with Crippen LogP contribution < -0.4 is 15.1 Å². The number of likely N-dealkylation sites (N-methyl/N-ethyl adjacent to an activating group) is 1. The first-order valence-corrected chi connectivity index (χ1v) is 13.0. The predicted octanol–water partition coefficient (Wildman–Crippen LogP) is 5.24. The number of benzene rings is 1. The molecule has 10 heteroatoms. The van der Waals surface area contributed by atoms with E-state index in [2.05, 4.69) is 51.3 Å². The molecule has 0 bridgehead atoms. The first-order chi connectivity index (χ1) is 17.0. The summed E-state index contributed by atoms with van der Waals surface area (Å²) in [6.45, 7) is 9.95. The molecule has 35 heavy (non-hydrogen) atoms. The second-order valence-corrected chi connectivity index (χ2v) is 9.63. The summed E-state index contributed by atoms with van der Waals surface area (Å²) < 4.78 is 0. The van der Waals surface area contributed by atoms with Crippen LogP contribution >= 0.6 is 11.3 Å². The Bertz CT molecular complexity index is 1120. The Kier molecular flexibility index (Phi) is 8.14. The van der Waals surface area contributed by atoms with Crippen molar-refractivity contribution in [3.05, 3.63) is 51.9 Å². The molecule has 0 saturated carbocycles. The maximum atomic E-state index is 11.6. The standard InChI is InChI=1S/C25H33N7O2S/c1-4-12-31(13-5-2)25-27-21(18-35-25)19-6-8-20(9-7-19)26-24-22(32(33)34)10-11-23(28-24)30-16-14-29(3)15-17-30/h6-11,18H,4-5,12-17H2,1-3H3,(H,26,28). The molecule has 1 aliphatic rings. The van der Waals surface area contributed by atoms with Gasteiger partial charge in [-0.3, -0.25) is 10.1 Å². The van der Waals surface area contributed by atoms with Gasteiger partial charge in [0.05, 0.1) is 10.6 Å². The molecule has 1 fully saturated rings. The zero-order chi connectivity index (χ0) is 24.8. The molecule has 0 unspecified atom stereocenters. The SMILES string of the molecule is CCCN(CCC)c1nc(-c2ccc(Nc3nc(N4CCN(C)CC4)ccc3[N+](=O)[O-])cc2)cs1. The minimum atomic E-state index is -0.396. The molecule has 4 rings (SSSR count). The van der Waals surface area contributed by atoms with Crippen LogP contribution in [0.3, 0.4) is 0 Å². The molecular formula is C25H33N7O2S. The lowest BCUT2D eigenvalue weighted by Gasteiger charge is -2.33. The van der Waals surface area contributed by atoms with Crippen LogP contribution in [0.2, 0.25) is 0 Å². The molecule has 1 aromatic carbocycles. The molecule has 0 amide bonds. The zero-order valence-corrected chi connectivity index (χ0v) is 21.4. The van der Waals surface area contributed by atoms with Crippen molar-refractivity contribution in [2.24, 2.45) is 0 Å². The Balaban J connectivity index is 1.51. The number of thiazole rings is 1. The largest absolute Gasteiger partial charge is 0.354 e. The van der Waals surface area contributed by atoms with E-state index >= 15 is 0 Å². The first-order valence-electron chi connectivity index (χ1n) is 12.1. The van der Waals surface area contributed by atoms with Gasteiger partial charge in [-0.05, 0) is 38.1 Å². The molecule has 0 aliphatic carbocycles. The average Bonchev–Trinajstić information content (AvgIpc) is 3.35. The van der Waals surface area contributed by atoms with Gasteiger partial charge < -0.3 is 20.0 Å². The van der Waals surface area contributed by atoms with Crippen molar-refractivity contribution >= 4 is 39.5 Å². The minimum absolute atomic E-state index is 0.0389. The van der Waals surface area contributed by atoms with Gasteiger partial charge in [-0.2, -0.15) is 0 Å². The normalized spacial score (nSPS) is 14.2. The molecule has 1 saturated heterocycles. The topological polar surface area (TPSA) is 90.7 Å². The highest BCUT2D eigenvalue weighted by Gasteiger charge is 2.21. The average molecular weight is 496 g/mol. The van der Waals surface area contributed by atoms with Crippen molar-refractivity contribution in [1.29, 1.82) is 0 Å². The van der Waals surface area contributed by atoms with E-state index in [0.717, 1.165) is 80.0 Å². The lowest BCUT2D eigenvalue weighted by molar-refractivity contribution is -0.384. The van der Waals surface area contributed by atoms with Crippen molar-refractivity contribution in [3.8, 4) is 11.3 Å². The lowest BCUT2D eigenvalue weighted by atomic mass is 10.1. The molecule has 2 aromatic heterocycles. The fourth-order valence-corrected chi connectivity index (χ4v) is 5.03. The molecular weight excluding hydrogens is 462 g/mol. The van der Waals surface area contributed by atoms with Crippen LogP contribution in [-0.4, -0.2) is 66.1 Å². The summed E-state index contributed by atoms with van der Waals surface area (Å²) in [4.78, 5) is 27.5. The molecule has 0 spiro atoms. The highest BCUT2D eigenvalue weighted by atomic mass is 32.1. The predicted molar refractivity (Wildman–Crippen MR) is 144 cm³/mol. The van der Waals surface area contributed by atoms with E-state index in [1.165, 1.54) is 6.07 Å². The fraction of sp³-hybridized carbons (Fsp3) is 0.440. The molecule has 0 atom stereocenters. The Morgan fingerprint density at radius 1 is 1.03 bits per heavy atom. The van der Waals surface area contributed by atoms with Crippen LogP contribution in [0.15, 0.2) is 41.8 Å². The fourth-order valence-electron chi connectivity index (χ4n) is 4.14. The Labute approximate surface area is 210 Å². The van der Waals surface area contributed by atoms with Crippen LogP contribution in [0.1, 0.15) is 26.7 Å². The molecule has 3 heterocycles. The number of nitrogens with zero attached hydrogens (tertiary/aromatic N) is 6. The van der Waals surface area contributed by atoms with Gasteiger partial charge in [-0.15, -0.1) is 11.3 Å². The number of nitro groups is 1. The maximum absolute atomic E-state index is 11.6. The number of anilines is 4. The van der Waals surface area contributed by atoms with Crippen molar-refractivity contribution in [2.45, 2.75) is 26.7 Å². The first kappa shape index (κ1) is 24.9. The zero-order valence-electron chi connectivity index (χ0n) is 20.6. The number of nitrogens with one attached hydrogen (secondary N) is 1. The van der Waals surface area contributed by atoms with Gasteiger partial charge in [0.15, 0.2) is 5.13 Å². The van der Waals surface area contributed by atoms with Gasteiger partial charge in [0.1, 0.15) is 5.82 Å². The van der Waals surface area contributed by atoms with Crippen LogP contribution in [0.5, 0.6) is 0 Å². The third kappa shape index (κ3) is 6.07. The third-order valence-electron chi connectivity index (χ3n) is 6.08. The number of piperazine rings is 1. The van der Waals surface area contributed by atoms with Crippen molar-refractivity contribution in [1.82, 2.24) is 14.9 Å². The number of pyridine rings is 1. The van der Waals surface area contributed by atoms with Crippen molar-refractivity contribution in [2.75, 3.05) is 61.4 Å². The minimum Gasteiger partial charge on any atom is -0.354 e. The van der Waals surface area contributed by atoms with Crippen LogP contribution in [0, 0.1) is 10.1 Å². The molecule has 1 N–H and O–H groups in total. The molecule has 9 nitrogen and oxygen atoms in total. The van der Waals surface area contributed by atoms with Crippen LogP contribution in [0.4, 0.5) is 28.1 Å². The number of hydrogen-bond acceptors (Lipinski definition) is 9. The number of rotatable bonds is 10. The smallest absolute Gasteiger partial charge is 0.311 e. The van der Waals surface area contributed by atoms with Gasteiger partial charge in [0.25, 0.3) is 0 Å². The molecule has 186 valence electrons. The van der Waals surface area contributed by atoms with E-state index in [0.29, 0.717) is 0 Å². The van der Waals surface area contributed by atoms with Gasteiger partial charge >= 0.3 is 5.69 Å². The van der Waals surface area contributed by atoms with Crippen LogP contribution in [0.25, 0.3) is 11.3 Å². The van der Waals surface area contributed by atoms with E-state index < -0.39 is 4.92 Å². The van der Waals surface area contributed by atoms with Crippen molar-refractivity contribution < 1.29 is 4.92 Å². The Hall–Kier alpha value is -3.24. The monoisotopic (exact) mass is 495 g/mol. The van der Waals surface area contributed by atoms with Crippen molar-refractivity contribution in [3.63, 3.8) is 0 Å². The molecule has 3 aromatic rings. The molecule has 0 radical (unpaired) electrons. The van der Waals surface area contributed by atoms with E-state index in [-0.39, 0.29) is 11.5 Å². The van der Waals surface area contributed by atoms with E-state index in [4.69, 9.17) is 4.98 Å². The Morgan fingerprint density at radius 2 is 1.71 bits per heavy atom. The lowest BCUT2D eigenvalue weighted by Crippen LogP contribution is -2.44. The highest BCUT2D eigenvalue weighted by molar-refractivity contribution is 7.14. The number of aromatic nitrogens is 2. The summed E-state index contributed by atoms with van der Waals surface area (Å²) in [5.74, 6) is 1.01. The van der Waals surface area contributed by atoms with Gasteiger partial charge in [0.2, 0.25) is 5.82 Å². The van der Waals surface area contributed by atoms with E-state index in [9.17, 15) is 10.1 Å². The second kappa shape index (κ2) is 11.5. The summed E-state index contributed by atoms with van der Waals surface area (Å²) >= 11 is 1.67.